The Labute approximate surface area is 205 Å². The zero-order valence-corrected chi connectivity index (χ0v) is 19.2. The molecule has 0 aliphatic heterocycles. The first-order valence-corrected chi connectivity index (χ1v) is 11.0. The van der Waals surface area contributed by atoms with Gasteiger partial charge in [-0.3, -0.25) is 4.79 Å². The van der Waals surface area contributed by atoms with Crippen LogP contribution in [0.4, 0.5) is 0 Å². The molecule has 0 fully saturated rings. The molecule has 34 heavy (non-hydrogen) atoms. The van der Waals surface area contributed by atoms with Gasteiger partial charge in [0, 0.05) is 10.6 Å². The normalized spacial score (nSPS) is 10.9. The Morgan fingerprint density at radius 2 is 1.59 bits per heavy atom. The topological polar surface area (TPSA) is 77.0 Å². The third kappa shape index (κ3) is 5.73. The van der Waals surface area contributed by atoms with Crippen LogP contribution in [0.5, 0.6) is 11.5 Å². The highest BCUT2D eigenvalue weighted by Gasteiger charge is 2.14. The fraction of sp³-hybridized carbons (Fsp3) is 0.0385. The first-order valence-electron chi connectivity index (χ1n) is 10.2. The molecule has 0 aliphatic carbocycles. The van der Waals surface area contributed by atoms with Crippen molar-refractivity contribution in [2.24, 2.45) is 5.10 Å². The number of carbonyl (C=O) groups excluding carboxylic acids is 2. The summed E-state index contributed by atoms with van der Waals surface area (Å²) in [5, 5.41) is 6.67. The zero-order valence-electron chi connectivity index (χ0n) is 17.7. The standard InChI is InChI=1S/C26H18Cl2N2O4/c27-19-12-9-18(10-13-19)26(32)34-23-14-11-17-5-1-2-6-20(17)21(23)15-29-30-25(31)16-33-24-8-4-3-7-22(24)28/h1-15H,16H2,(H,30,31)/b29-15+. The third-order valence-corrected chi connectivity index (χ3v) is 5.36. The molecule has 4 aromatic rings. The predicted molar refractivity (Wildman–Crippen MR) is 133 cm³/mol. The highest BCUT2D eigenvalue weighted by atomic mass is 35.5. The van der Waals surface area contributed by atoms with Crippen molar-refractivity contribution < 1.29 is 19.1 Å². The van der Waals surface area contributed by atoms with Gasteiger partial charge in [0.05, 0.1) is 16.8 Å². The molecule has 4 rings (SSSR count). The van der Waals surface area contributed by atoms with Crippen LogP contribution in [0, 0.1) is 0 Å². The van der Waals surface area contributed by atoms with Gasteiger partial charge >= 0.3 is 5.97 Å². The van der Waals surface area contributed by atoms with Gasteiger partial charge in [-0.25, -0.2) is 10.2 Å². The molecule has 6 nitrogen and oxygen atoms in total. The number of hydrazone groups is 1. The summed E-state index contributed by atoms with van der Waals surface area (Å²) in [6.45, 7) is -0.269. The molecular weight excluding hydrogens is 475 g/mol. The summed E-state index contributed by atoms with van der Waals surface area (Å²) in [6.07, 6.45) is 1.43. The average Bonchev–Trinajstić information content (AvgIpc) is 2.85. The van der Waals surface area contributed by atoms with Gasteiger partial charge in [0.2, 0.25) is 0 Å². The Bertz CT molecular complexity index is 1370. The summed E-state index contributed by atoms with van der Waals surface area (Å²) in [5.74, 6) is -0.326. The predicted octanol–water partition coefficient (Wildman–Crippen LogP) is 5.89. The van der Waals surface area contributed by atoms with E-state index in [1.807, 2.05) is 30.3 Å². The number of carbonyl (C=O) groups is 2. The van der Waals surface area contributed by atoms with Crippen molar-refractivity contribution in [1.82, 2.24) is 5.43 Å². The minimum atomic E-state index is -0.543. The molecule has 0 unspecified atom stereocenters. The lowest BCUT2D eigenvalue weighted by molar-refractivity contribution is -0.123. The molecule has 1 N–H and O–H groups in total. The number of para-hydroxylation sites is 1. The Hall–Kier alpha value is -3.87. The fourth-order valence-electron chi connectivity index (χ4n) is 3.15. The van der Waals surface area contributed by atoms with E-state index in [0.717, 1.165) is 10.8 Å². The maximum atomic E-state index is 12.6. The van der Waals surface area contributed by atoms with Crippen LogP contribution in [0.1, 0.15) is 15.9 Å². The number of nitrogens with one attached hydrogen (secondary N) is 1. The van der Waals surface area contributed by atoms with Gasteiger partial charge in [-0.05, 0) is 53.2 Å². The lowest BCUT2D eigenvalue weighted by Crippen LogP contribution is -2.24. The van der Waals surface area contributed by atoms with E-state index in [0.29, 0.717) is 32.7 Å². The van der Waals surface area contributed by atoms with E-state index in [2.05, 4.69) is 10.5 Å². The van der Waals surface area contributed by atoms with E-state index in [1.54, 1.807) is 54.6 Å². The molecule has 8 heteroatoms. The Morgan fingerprint density at radius 1 is 0.853 bits per heavy atom. The highest BCUT2D eigenvalue weighted by Crippen LogP contribution is 2.28. The summed E-state index contributed by atoms with van der Waals surface area (Å²) >= 11 is 11.9. The zero-order chi connectivity index (χ0) is 23.9. The van der Waals surface area contributed by atoms with Gasteiger partial charge in [0.15, 0.2) is 6.61 Å². The van der Waals surface area contributed by atoms with Crippen LogP contribution in [0.3, 0.4) is 0 Å². The lowest BCUT2D eigenvalue weighted by Gasteiger charge is -2.11. The van der Waals surface area contributed by atoms with E-state index in [4.69, 9.17) is 32.7 Å². The molecule has 0 heterocycles. The van der Waals surface area contributed by atoms with Crippen molar-refractivity contribution in [3.63, 3.8) is 0 Å². The van der Waals surface area contributed by atoms with Crippen LogP contribution < -0.4 is 14.9 Å². The van der Waals surface area contributed by atoms with E-state index in [9.17, 15) is 9.59 Å². The van der Waals surface area contributed by atoms with Gasteiger partial charge < -0.3 is 9.47 Å². The maximum absolute atomic E-state index is 12.6. The molecular formula is C26H18Cl2N2O4. The van der Waals surface area contributed by atoms with Gasteiger partial charge in [-0.15, -0.1) is 0 Å². The minimum absolute atomic E-state index is 0.269. The number of esters is 1. The second-order valence-corrected chi connectivity index (χ2v) is 7.95. The Balaban J connectivity index is 1.51. The van der Waals surface area contributed by atoms with E-state index in [-0.39, 0.29) is 6.61 Å². The molecule has 0 saturated heterocycles. The van der Waals surface area contributed by atoms with Crippen molar-refractivity contribution in [3.05, 3.63) is 106 Å². The smallest absolute Gasteiger partial charge is 0.343 e. The van der Waals surface area contributed by atoms with Crippen LogP contribution >= 0.6 is 23.2 Å². The van der Waals surface area contributed by atoms with Gasteiger partial charge in [0.25, 0.3) is 5.91 Å². The Kier molecular flexibility index (Phi) is 7.42. The van der Waals surface area contributed by atoms with Gasteiger partial charge in [-0.1, -0.05) is 65.7 Å². The molecule has 0 saturated carbocycles. The van der Waals surface area contributed by atoms with Crippen LogP contribution in [0.25, 0.3) is 10.8 Å². The third-order valence-electron chi connectivity index (χ3n) is 4.79. The molecule has 0 aromatic heterocycles. The summed E-state index contributed by atoms with van der Waals surface area (Å²) in [6, 6.07) is 24.3. The van der Waals surface area contributed by atoms with Gasteiger partial charge in [0.1, 0.15) is 11.5 Å². The molecule has 1 amide bonds. The molecule has 170 valence electrons. The number of rotatable bonds is 7. The second-order valence-electron chi connectivity index (χ2n) is 7.11. The molecule has 0 atom stereocenters. The minimum Gasteiger partial charge on any atom is -0.482 e. The SMILES string of the molecule is O=C(COc1ccccc1Cl)N/N=C/c1c(OC(=O)c2ccc(Cl)cc2)ccc2ccccc12. The van der Waals surface area contributed by atoms with Crippen LogP contribution in [-0.2, 0) is 4.79 Å². The van der Waals surface area contributed by atoms with Crippen LogP contribution in [0.15, 0.2) is 90.0 Å². The number of fused-ring (bicyclic) bond motifs is 1. The number of amides is 1. The highest BCUT2D eigenvalue weighted by molar-refractivity contribution is 6.32. The van der Waals surface area contributed by atoms with Crippen molar-refractivity contribution in [1.29, 1.82) is 0 Å². The second kappa shape index (κ2) is 10.8. The summed E-state index contributed by atoms with van der Waals surface area (Å²) in [4.78, 5) is 24.8. The molecule has 0 aliphatic rings. The first-order chi connectivity index (χ1) is 16.5. The number of benzene rings is 4. The summed E-state index contributed by atoms with van der Waals surface area (Å²) in [5.41, 5.74) is 3.30. The number of hydrogen-bond acceptors (Lipinski definition) is 5. The molecule has 0 spiro atoms. The average molecular weight is 493 g/mol. The quantitative estimate of drug-likeness (QED) is 0.151. The number of ether oxygens (including phenoxy) is 2. The van der Waals surface area contributed by atoms with E-state index in [1.165, 1.54) is 6.21 Å². The van der Waals surface area contributed by atoms with E-state index >= 15 is 0 Å². The first kappa shape index (κ1) is 23.3. The van der Waals surface area contributed by atoms with Crippen LogP contribution in [-0.4, -0.2) is 24.7 Å². The van der Waals surface area contributed by atoms with Crippen molar-refractivity contribution in [3.8, 4) is 11.5 Å². The number of hydrogen-bond donors (Lipinski definition) is 1. The fourth-order valence-corrected chi connectivity index (χ4v) is 3.46. The lowest BCUT2D eigenvalue weighted by atomic mass is 10.0. The summed E-state index contributed by atoms with van der Waals surface area (Å²) < 4.78 is 11.0. The molecule has 0 bridgehead atoms. The molecule has 0 radical (unpaired) electrons. The van der Waals surface area contributed by atoms with E-state index < -0.39 is 11.9 Å². The summed E-state index contributed by atoms with van der Waals surface area (Å²) in [7, 11) is 0. The number of halogens is 2. The Morgan fingerprint density at radius 3 is 2.38 bits per heavy atom. The van der Waals surface area contributed by atoms with Crippen LogP contribution in [0.2, 0.25) is 10.0 Å². The van der Waals surface area contributed by atoms with Crippen molar-refractivity contribution in [2.75, 3.05) is 6.61 Å². The molecule has 4 aromatic carbocycles. The monoisotopic (exact) mass is 492 g/mol. The van der Waals surface area contributed by atoms with Crippen molar-refractivity contribution in [2.45, 2.75) is 0 Å². The van der Waals surface area contributed by atoms with Gasteiger partial charge in [-0.2, -0.15) is 5.10 Å². The largest absolute Gasteiger partial charge is 0.482 e. The maximum Gasteiger partial charge on any atom is 0.343 e. The number of nitrogens with zero attached hydrogens (tertiary/aromatic N) is 1. The van der Waals surface area contributed by atoms with Crippen molar-refractivity contribution >= 4 is 52.1 Å².